The summed E-state index contributed by atoms with van der Waals surface area (Å²) in [4.78, 5) is 10.8. The molecule has 1 aliphatic carbocycles. The van der Waals surface area contributed by atoms with E-state index in [1.807, 2.05) is 18.4 Å². The summed E-state index contributed by atoms with van der Waals surface area (Å²) in [6.07, 6.45) is 4.15. The molecule has 2 aliphatic rings. The number of rotatable bonds is 5. The highest BCUT2D eigenvalue weighted by molar-refractivity contribution is 9.11. The molecule has 4 nitrogen and oxygen atoms in total. The summed E-state index contributed by atoms with van der Waals surface area (Å²) < 4.78 is 1.22. The molecule has 1 aliphatic heterocycles. The molecule has 1 saturated carbocycles. The van der Waals surface area contributed by atoms with E-state index in [1.54, 1.807) is 0 Å². The van der Waals surface area contributed by atoms with Gasteiger partial charge in [0.25, 0.3) is 0 Å². The van der Waals surface area contributed by atoms with Crippen LogP contribution in [0.1, 0.15) is 24.1 Å². The zero-order chi connectivity index (χ0) is 15.4. The molecule has 6 heteroatoms. The molecule has 1 saturated heterocycles. The molecule has 2 heterocycles. The van der Waals surface area contributed by atoms with Gasteiger partial charge >= 0.3 is 0 Å². The Labute approximate surface area is 145 Å². The summed E-state index contributed by atoms with van der Waals surface area (Å²) in [5, 5.41) is 3.53. The number of nitrogens with one attached hydrogen (secondary N) is 1. The van der Waals surface area contributed by atoms with Crippen LogP contribution in [0.4, 0.5) is 0 Å². The van der Waals surface area contributed by atoms with Gasteiger partial charge in [0.05, 0.1) is 3.79 Å². The molecule has 0 spiro atoms. The van der Waals surface area contributed by atoms with Crippen LogP contribution in [0.15, 0.2) is 20.9 Å². The topological polar surface area (TPSA) is 30.9 Å². The van der Waals surface area contributed by atoms with Crippen molar-refractivity contribution in [1.29, 1.82) is 0 Å². The first kappa shape index (κ1) is 16.3. The van der Waals surface area contributed by atoms with Crippen LogP contribution in [0.2, 0.25) is 0 Å². The van der Waals surface area contributed by atoms with E-state index in [2.05, 4.69) is 48.2 Å². The lowest BCUT2D eigenvalue weighted by atomic mass is 10.3. The maximum absolute atomic E-state index is 4.45. The molecule has 0 aromatic carbocycles. The van der Waals surface area contributed by atoms with E-state index in [0.29, 0.717) is 0 Å². The smallest absolute Gasteiger partial charge is 0.193 e. The van der Waals surface area contributed by atoms with Crippen molar-refractivity contribution < 1.29 is 0 Å². The number of aliphatic imine (C=N–C) groups is 1. The molecule has 0 atom stereocenters. The third-order valence-corrected chi connectivity index (χ3v) is 6.03. The highest BCUT2D eigenvalue weighted by atomic mass is 79.9. The molecule has 0 unspecified atom stereocenters. The molecule has 22 heavy (non-hydrogen) atoms. The molecular weight excluding hydrogens is 360 g/mol. The van der Waals surface area contributed by atoms with Crippen molar-refractivity contribution >= 4 is 33.2 Å². The Bertz CT molecular complexity index is 504. The average Bonchev–Trinajstić information content (AvgIpc) is 3.26. The lowest BCUT2D eigenvalue weighted by molar-refractivity contribution is 0.173. The quantitative estimate of drug-likeness (QED) is 0.625. The summed E-state index contributed by atoms with van der Waals surface area (Å²) in [5.74, 6) is 2.06. The Morgan fingerprint density at radius 3 is 2.68 bits per heavy atom. The first-order chi connectivity index (χ1) is 10.7. The van der Waals surface area contributed by atoms with Crippen LogP contribution in [0, 0.1) is 5.92 Å². The Balaban J connectivity index is 1.41. The molecule has 1 aromatic rings. The minimum atomic E-state index is 0.979. The van der Waals surface area contributed by atoms with E-state index in [-0.39, 0.29) is 0 Å². The van der Waals surface area contributed by atoms with Crippen LogP contribution >= 0.6 is 27.3 Å². The summed E-state index contributed by atoms with van der Waals surface area (Å²) in [6.45, 7) is 6.49. The highest BCUT2D eigenvalue weighted by Crippen LogP contribution is 2.31. The Morgan fingerprint density at radius 2 is 2.09 bits per heavy atom. The standard InChI is InChI=1S/C16H25BrN4S/c1-18-16(19-7-6-13-2-3-13)21-10-8-20(9-11-21)12-14-4-5-15(17)22-14/h4-5,13H,2-3,6-12H2,1H3,(H,18,19). The largest absolute Gasteiger partial charge is 0.356 e. The first-order valence-corrected chi connectivity index (χ1v) is 9.77. The van der Waals surface area contributed by atoms with E-state index < -0.39 is 0 Å². The van der Waals surface area contributed by atoms with Crippen molar-refractivity contribution in [3.63, 3.8) is 0 Å². The van der Waals surface area contributed by atoms with E-state index in [9.17, 15) is 0 Å². The SMILES string of the molecule is CN=C(NCCC1CC1)N1CCN(Cc2ccc(Br)s2)CC1. The second-order valence-corrected chi connectivity index (χ2v) is 8.72. The van der Waals surface area contributed by atoms with Crippen molar-refractivity contribution in [3.05, 3.63) is 20.8 Å². The zero-order valence-electron chi connectivity index (χ0n) is 13.2. The third-order valence-electron chi connectivity index (χ3n) is 4.42. The van der Waals surface area contributed by atoms with Crippen molar-refractivity contribution in [2.75, 3.05) is 39.8 Å². The van der Waals surface area contributed by atoms with Gasteiger partial charge in [0.2, 0.25) is 0 Å². The summed E-state index contributed by atoms with van der Waals surface area (Å²) >= 11 is 5.38. The fraction of sp³-hybridized carbons (Fsp3) is 0.688. The molecule has 1 aromatic heterocycles. The van der Waals surface area contributed by atoms with Crippen LogP contribution in [0.3, 0.4) is 0 Å². The van der Waals surface area contributed by atoms with Gasteiger partial charge in [-0.05, 0) is 40.4 Å². The number of hydrogen-bond donors (Lipinski definition) is 1. The van der Waals surface area contributed by atoms with Crippen LogP contribution in [0.25, 0.3) is 0 Å². The Morgan fingerprint density at radius 1 is 1.32 bits per heavy atom. The Kier molecular flexibility index (Phi) is 5.77. The molecule has 0 radical (unpaired) electrons. The van der Waals surface area contributed by atoms with Crippen molar-refractivity contribution in [2.45, 2.75) is 25.8 Å². The summed E-state index contributed by atoms with van der Waals surface area (Å²) in [7, 11) is 1.90. The molecule has 0 bridgehead atoms. The van der Waals surface area contributed by atoms with E-state index in [1.165, 1.54) is 27.9 Å². The van der Waals surface area contributed by atoms with E-state index in [0.717, 1.165) is 51.1 Å². The van der Waals surface area contributed by atoms with E-state index >= 15 is 0 Å². The number of nitrogens with zero attached hydrogens (tertiary/aromatic N) is 3. The van der Waals surface area contributed by atoms with Crippen molar-refractivity contribution in [3.8, 4) is 0 Å². The molecule has 3 rings (SSSR count). The molecule has 122 valence electrons. The second-order valence-electron chi connectivity index (χ2n) is 6.18. The van der Waals surface area contributed by atoms with Gasteiger partial charge in [-0.1, -0.05) is 12.8 Å². The van der Waals surface area contributed by atoms with Gasteiger partial charge in [-0.3, -0.25) is 9.89 Å². The maximum Gasteiger partial charge on any atom is 0.193 e. The van der Waals surface area contributed by atoms with Gasteiger partial charge in [0, 0.05) is 51.2 Å². The van der Waals surface area contributed by atoms with Crippen molar-refractivity contribution in [2.24, 2.45) is 10.9 Å². The Hall–Kier alpha value is -0.590. The van der Waals surface area contributed by atoms with Crippen molar-refractivity contribution in [1.82, 2.24) is 15.1 Å². The second kappa shape index (κ2) is 7.79. The minimum absolute atomic E-state index is 0.979. The molecule has 0 amide bonds. The van der Waals surface area contributed by atoms with Crippen LogP contribution in [0.5, 0.6) is 0 Å². The number of guanidine groups is 1. The maximum atomic E-state index is 4.45. The normalized spacial score (nSPS) is 20.5. The molecule has 1 N–H and O–H groups in total. The first-order valence-electron chi connectivity index (χ1n) is 8.17. The summed E-state index contributed by atoms with van der Waals surface area (Å²) in [5.41, 5.74) is 0. The zero-order valence-corrected chi connectivity index (χ0v) is 15.6. The minimum Gasteiger partial charge on any atom is -0.356 e. The predicted octanol–water partition coefficient (Wildman–Crippen LogP) is 3.00. The monoisotopic (exact) mass is 384 g/mol. The van der Waals surface area contributed by atoms with Crippen LogP contribution in [-0.4, -0.2) is 55.5 Å². The fourth-order valence-corrected chi connectivity index (χ4v) is 4.43. The van der Waals surface area contributed by atoms with Gasteiger partial charge in [-0.25, -0.2) is 0 Å². The van der Waals surface area contributed by atoms with Gasteiger partial charge in [0.1, 0.15) is 0 Å². The number of halogens is 1. The fourth-order valence-electron chi connectivity index (χ4n) is 2.90. The lowest BCUT2D eigenvalue weighted by Crippen LogP contribution is -2.52. The molecular formula is C16H25BrN4S. The van der Waals surface area contributed by atoms with Gasteiger partial charge in [-0.2, -0.15) is 0 Å². The van der Waals surface area contributed by atoms with Crippen LogP contribution in [-0.2, 0) is 6.54 Å². The lowest BCUT2D eigenvalue weighted by Gasteiger charge is -2.36. The van der Waals surface area contributed by atoms with Gasteiger partial charge < -0.3 is 10.2 Å². The third kappa shape index (κ3) is 4.70. The number of hydrogen-bond acceptors (Lipinski definition) is 3. The number of piperazine rings is 1. The van der Waals surface area contributed by atoms with E-state index in [4.69, 9.17) is 0 Å². The van der Waals surface area contributed by atoms with Gasteiger partial charge in [0.15, 0.2) is 5.96 Å². The highest BCUT2D eigenvalue weighted by Gasteiger charge is 2.22. The average molecular weight is 385 g/mol. The predicted molar refractivity (Wildman–Crippen MR) is 97.6 cm³/mol. The van der Waals surface area contributed by atoms with Crippen LogP contribution < -0.4 is 5.32 Å². The van der Waals surface area contributed by atoms with Gasteiger partial charge in [-0.15, -0.1) is 11.3 Å². The molecule has 2 fully saturated rings. The number of thiophene rings is 1. The summed E-state index contributed by atoms with van der Waals surface area (Å²) in [6, 6.07) is 4.36.